The van der Waals surface area contributed by atoms with Gasteiger partial charge in [0.2, 0.25) is 10.0 Å². The van der Waals surface area contributed by atoms with Gasteiger partial charge >= 0.3 is 0 Å². The van der Waals surface area contributed by atoms with Crippen LogP contribution in [0.5, 0.6) is 0 Å². The van der Waals surface area contributed by atoms with Crippen molar-refractivity contribution in [3.05, 3.63) is 48.0 Å². The summed E-state index contributed by atoms with van der Waals surface area (Å²) in [6.45, 7) is 1.26. The molecule has 3 rings (SSSR count). The first-order valence-corrected chi connectivity index (χ1v) is 10.2. The van der Waals surface area contributed by atoms with Crippen molar-refractivity contribution in [3.63, 3.8) is 0 Å². The number of hydrogen-bond acceptors (Lipinski definition) is 5. The van der Waals surface area contributed by atoms with Crippen molar-refractivity contribution in [1.29, 1.82) is 0 Å². The van der Waals surface area contributed by atoms with Gasteiger partial charge in [0.25, 0.3) is 5.91 Å². The zero-order chi connectivity index (χ0) is 18.6. The number of nitrogens with zero attached hydrogens (tertiary/aromatic N) is 4. The number of aromatic nitrogens is 3. The van der Waals surface area contributed by atoms with E-state index in [1.807, 2.05) is 6.07 Å². The predicted molar refractivity (Wildman–Crippen MR) is 96.7 cm³/mol. The lowest BCUT2D eigenvalue weighted by Gasteiger charge is -2.32. The summed E-state index contributed by atoms with van der Waals surface area (Å²) in [4.78, 5) is 18.4. The summed E-state index contributed by atoms with van der Waals surface area (Å²) in [6, 6.07) is 5.38. The minimum absolute atomic E-state index is 0.0106. The molecule has 0 spiro atoms. The monoisotopic (exact) mass is 377 g/mol. The molecule has 0 bridgehead atoms. The van der Waals surface area contributed by atoms with Crippen molar-refractivity contribution in [1.82, 2.24) is 24.4 Å². The maximum absolute atomic E-state index is 12.5. The Labute approximate surface area is 153 Å². The topological polar surface area (TPSA) is 97.2 Å². The molecular weight excluding hydrogens is 354 g/mol. The van der Waals surface area contributed by atoms with Gasteiger partial charge in [-0.1, -0.05) is 6.07 Å². The summed E-state index contributed by atoms with van der Waals surface area (Å²) in [5, 5.41) is 4.02. The lowest BCUT2D eigenvalue weighted by Crippen LogP contribution is -2.43. The summed E-state index contributed by atoms with van der Waals surface area (Å²) in [6.07, 6.45) is 6.44. The van der Waals surface area contributed by atoms with Crippen LogP contribution in [0, 0.1) is 5.92 Å². The van der Waals surface area contributed by atoms with Crippen LogP contribution in [-0.4, -0.2) is 52.8 Å². The highest BCUT2D eigenvalue weighted by Crippen LogP contribution is 2.20. The van der Waals surface area contributed by atoms with Crippen LogP contribution >= 0.6 is 0 Å². The molecule has 1 aliphatic rings. The van der Waals surface area contributed by atoms with Crippen LogP contribution in [0.25, 0.3) is 0 Å². The average Bonchev–Trinajstić information content (AvgIpc) is 3.07. The lowest BCUT2D eigenvalue weighted by molar-refractivity contribution is 0.0684. The summed E-state index contributed by atoms with van der Waals surface area (Å²) in [5.74, 6) is -0.163. The molecule has 9 heteroatoms. The summed E-state index contributed by atoms with van der Waals surface area (Å²) < 4.78 is 28.9. The minimum atomic E-state index is -3.43. The number of aryl methyl sites for hydroxylation is 1. The Morgan fingerprint density at radius 1 is 1.38 bits per heavy atom. The number of amides is 1. The standard InChI is InChI=1S/C17H23N5O3S/c1-21-12-15(9-19-21)17(23)22-8-4-5-14(11-22)13-26(24,25)20-10-16-6-2-3-7-18-16/h2-3,6-7,9,12,14,20H,4-5,8,10-11,13H2,1H3. The van der Waals surface area contributed by atoms with Crippen LogP contribution < -0.4 is 4.72 Å². The number of carbonyl (C=O) groups excluding carboxylic acids is 1. The molecule has 1 atom stereocenters. The fraction of sp³-hybridized carbons (Fsp3) is 0.471. The maximum Gasteiger partial charge on any atom is 0.257 e. The molecule has 26 heavy (non-hydrogen) atoms. The first-order chi connectivity index (χ1) is 12.4. The van der Waals surface area contributed by atoms with Gasteiger partial charge in [0, 0.05) is 32.5 Å². The van der Waals surface area contributed by atoms with Crippen molar-refractivity contribution >= 4 is 15.9 Å². The van der Waals surface area contributed by atoms with E-state index in [2.05, 4.69) is 14.8 Å². The second-order valence-corrected chi connectivity index (χ2v) is 8.44. The Balaban J connectivity index is 1.56. The minimum Gasteiger partial charge on any atom is -0.338 e. The van der Waals surface area contributed by atoms with Gasteiger partial charge in [0.05, 0.1) is 29.8 Å². The van der Waals surface area contributed by atoms with Crippen molar-refractivity contribution < 1.29 is 13.2 Å². The first kappa shape index (κ1) is 18.5. The average molecular weight is 377 g/mol. The van der Waals surface area contributed by atoms with Gasteiger partial charge in [0.15, 0.2) is 0 Å². The van der Waals surface area contributed by atoms with E-state index in [0.29, 0.717) is 24.3 Å². The molecule has 2 aromatic heterocycles. The molecule has 3 heterocycles. The van der Waals surface area contributed by atoms with Crippen molar-refractivity contribution in [2.75, 3.05) is 18.8 Å². The molecule has 1 N–H and O–H groups in total. The van der Waals surface area contributed by atoms with Gasteiger partial charge in [-0.25, -0.2) is 13.1 Å². The molecule has 0 saturated carbocycles. The number of sulfonamides is 1. The SMILES string of the molecule is Cn1cc(C(=O)N2CCCC(CS(=O)(=O)NCc3ccccn3)C2)cn1. The van der Waals surface area contributed by atoms with Gasteiger partial charge in [0.1, 0.15) is 0 Å². The number of hydrogen-bond donors (Lipinski definition) is 1. The highest BCUT2D eigenvalue weighted by molar-refractivity contribution is 7.89. The van der Waals surface area contributed by atoms with Crippen LogP contribution in [0.4, 0.5) is 0 Å². The van der Waals surface area contributed by atoms with E-state index in [1.54, 1.807) is 41.2 Å². The number of nitrogens with one attached hydrogen (secondary N) is 1. The van der Waals surface area contributed by atoms with Crippen LogP contribution in [0.3, 0.4) is 0 Å². The number of carbonyl (C=O) groups is 1. The Bertz CT molecular complexity index is 850. The second-order valence-electron chi connectivity index (χ2n) is 6.59. The quantitative estimate of drug-likeness (QED) is 0.803. The second kappa shape index (κ2) is 7.96. The smallest absolute Gasteiger partial charge is 0.257 e. The van der Waals surface area contributed by atoms with Crippen LogP contribution in [0.2, 0.25) is 0 Å². The van der Waals surface area contributed by atoms with Gasteiger partial charge in [-0.15, -0.1) is 0 Å². The zero-order valence-electron chi connectivity index (χ0n) is 14.7. The fourth-order valence-electron chi connectivity index (χ4n) is 3.16. The molecule has 1 unspecified atom stereocenters. The molecule has 8 nitrogen and oxygen atoms in total. The number of rotatable bonds is 6. The number of pyridine rings is 1. The third-order valence-electron chi connectivity index (χ3n) is 4.41. The molecule has 0 aromatic carbocycles. The molecule has 0 radical (unpaired) electrons. The van der Waals surface area contributed by atoms with E-state index in [1.165, 1.54) is 6.20 Å². The molecular formula is C17H23N5O3S. The van der Waals surface area contributed by atoms with Gasteiger partial charge in [-0.3, -0.25) is 14.5 Å². The molecule has 0 aliphatic carbocycles. The Morgan fingerprint density at radius 3 is 2.92 bits per heavy atom. The summed E-state index contributed by atoms with van der Waals surface area (Å²) in [5.41, 5.74) is 1.21. The molecule has 1 aliphatic heterocycles. The van der Waals surface area contributed by atoms with E-state index in [4.69, 9.17) is 0 Å². The Morgan fingerprint density at radius 2 is 2.23 bits per heavy atom. The van der Waals surface area contributed by atoms with Crippen molar-refractivity contribution in [3.8, 4) is 0 Å². The summed E-state index contributed by atoms with van der Waals surface area (Å²) in [7, 11) is -1.67. The fourth-order valence-corrected chi connectivity index (χ4v) is 4.53. The van der Waals surface area contributed by atoms with Gasteiger partial charge in [-0.05, 0) is 30.9 Å². The van der Waals surface area contributed by atoms with Crippen molar-refractivity contribution in [2.45, 2.75) is 19.4 Å². The van der Waals surface area contributed by atoms with Gasteiger partial charge in [-0.2, -0.15) is 5.10 Å². The molecule has 1 fully saturated rings. The normalized spacial score (nSPS) is 18.0. The third kappa shape index (κ3) is 4.89. The largest absolute Gasteiger partial charge is 0.338 e. The number of likely N-dealkylation sites (tertiary alicyclic amines) is 1. The molecule has 140 valence electrons. The molecule has 1 amide bonds. The zero-order valence-corrected chi connectivity index (χ0v) is 15.5. The number of piperidine rings is 1. The van der Waals surface area contributed by atoms with E-state index >= 15 is 0 Å². The lowest BCUT2D eigenvalue weighted by atomic mass is 9.99. The molecule has 2 aromatic rings. The van der Waals surface area contributed by atoms with Crippen LogP contribution in [-0.2, 0) is 23.6 Å². The van der Waals surface area contributed by atoms with Crippen LogP contribution in [0.15, 0.2) is 36.8 Å². The first-order valence-electron chi connectivity index (χ1n) is 8.58. The van der Waals surface area contributed by atoms with E-state index < -0.39 is 10.0 Å². The summed E-state index contributed by atoms with van der Waals surface area (Å²) >= 11 is 0. The highest BCUT2D eigenvalue weighted by atomic mass is 32.2. The Hall–Kier alpha value is -2.26. The van der Waals surface area contributed by atoms with Crippen LogP contribution in [0.1, 0.15) is 28.9 Å². The third-order valence-corrected chi connectivity index (χ3v) is 5.91. The van der Waals surface area contributed by atoms with E-state index in [9.17, 15) is 13.2 Å². The Kier molecular flexibility index (Phi) is 5.67. The maximum atomic E-state index is 12.5. The van der Waals surface area contributed by atoms with E-state index in [-0.39, 0.29) is 24.1 Å². The molecule has 1 saturated heterocycles. The predicted octanol–water partition coefficient (Wildman–Crippen LogP) is 0.787. The van der Waals surface area contributed by atoms with Gasteiger partial charge < -0.3 is 4.90 Å². The van der Waals surface area contributed by atoms with E-state index in [0.717, 1.165) is 12.8 Å². The van der Waals surface area contributed by atoms with Crippen molar-refractivity contribution in [2.24, 2.45) is 13.0 Å². The highest BCUT2D eigenvalue weighted by Gasteiger charge is 2.28.